The zero-order chi connectivity index (χ0) is 12.1. The molecule has 0 heterocycles. The molecule has 2 aromatic rings. The maximum atomic E-state index is 9.07. The number of hydrogen-bond acceptors (Lipinski definition) is 2. The lowest BCUT2D eigenvalue weighted by atomic mass is 10.0. The molecule has 0 spiro atoms. The van der Waals surface area contributed by atoms with E-state index >= 15 is 0 Å². The van der Waals surface area contributed by atoms with Gasteiger partial charge in [-0.05, 0) is 23.3 Å². The Labute approximate surface area is 105 Å². The minimum absolute atomic E-state index is 0.596. The molecule has 0 aliphatic rings. The smallest absolute Gasteiger partial charge is 0.0911 e. The van der Waals surface area contributed by atoms with E-state index in [0.717, 1.165) is 11.1 Å². The molecule has 0 radical (unpaired) electrons. The van der Waals surface area contributed by atoms with Crippen LogP contribution in [-0.4, -0.2) is 10.9 Å². The van der Waals surface area contributed by atoms with E-state index in [2.05, 4.69) is 5.16 Å². The Morgan fingerprint density at radius 1 is 1.00 bits per heavy atom. The standard InChI is InChI=1S/C14H12ClNO/c15-13-8-6-12(7-9-13)14(16-17)10-11-4-2-1-3-5-11/h1-9,17H,10H2/b16-14-. The fourth-order valence-electron chi connectivity index (χ4n) is 1.63. The maximum absolute atomic E-state index is 9.07. The van der Waals surface area contributed by atoms with Gasteiger partial charge >= 0.3 is 0 Å². The molecule has 0 atom stereocenters. The molecule has 0 unspecified atom stereocenters. The number of rotatable bonds is 3. The van der Waals surface area contributed by atoms with Gasteiger partial charge in [0.25, 0.3) is 0 Å². The van der Waals surface area contributed by atoms with Gasteiger partial charge < -0.3 is 5.21 Å². The first-order chi connectivity index (χ1) is 8.29. The number of halogens is 1. The summed E-state index contributed by atoms with van der Waals surface area (Å²) in [6.07, 6.45) is 0.596. The normalized spacial score (nSPS) is 11.5. The molecule has 0 amide bonds. The Kier molecular flexibility index (Phi) is 3.78. The Bertz CT molecular complexity index is 506. The summed E-state index contributed by atoms with van der Waals surface area (Å²) in [5.74, 6) is 0. The van der Waals surface area contributed by atoms with Crippen LogP contribution in [0, 0.1) is 0 Å². The second-order valence-electron chi connectivity index (χ2n) is 3.72. The third-order valence-corrected chi connectivity index (χ3v) is 2.76. The molecule has 2 rings (SSSR count). The highest BCUT2D eigenvalue weighted by Crippen LogP contribution is 2.13. The van der Waals surface area contributed by atoms with E-state index in [4.69, 9.17) is 16.8 Å². The van der Waals surface area contributed by atoms with Crippen molar-refractivity contribution in [3.63, 3.8) is 0 Å². The van der Waals surface area contributed by atoms with Gasteiger partial charge in [-0.1, -0.05) is 59.2 Å². The number of hydrogen-bond donors (Lipinski definition) is 1. The molecule has 0 saturated heterocycles. The van der Waals surface area contributed by atoms with Crippen molar-refractivity contribution in [1.82, 2.24) is 0 Å². The zero-order valence-electron chi connectivity index (χ0n) is 9.18. The van der Waals surface area contributed by atoms with Gasteiger partial charge in [-0.2, -0.15) is 0 Å². The van der Waals surface area contributed by atoms with Gasteiger partial charge in [0.15, 0.2) is 0 Å². The summed E-state index contributed by atoms with van der Waals surface area (Å²) >= 11 is 5.82. The number of nitrogens with zero attached hydrogens (tertiary/aromatic N) is 1. The van der Waals surface area contributed by atoms with Gasteiger partial charge in [0.05, 0.1) is 5.71 Å². The highest BCUT2D eigenvalue weighted by atomic mass is 35.5. The molecule has 1 N–H and O–H groups in total. The van der Waals surface area contributed by atoms with Gasteiger partial charge in [-0.25, -0.2) is 0 Å². The van der Waals surface area contributed by atoms with Crippen molar-refractivity contribution in [3.05, 3.63) is 70.7 Å². The summed E-state index contributed by atoms with van der Waals surface area (Å²) in [6, 6.07) is 17.2. The minimum Gasteiger partial charge on any atom is -0.411 e. The number of benzene rings is 2. The summed E-state index contributed by atoms with van der Waals surface area (Å²) < 4.78 is 0. The largest absolute Gasteiger partial charge is 0.411 e. The molecule has 0 saturated carbocycles. The third kappa shape index (κ3) is 3.08. The van der Waals surface area contributed by atoms with Crippen LogP contribution in [0.1, 0.15) is 11.1 Å². The van der Waals surface area contributed by atoms with E-state index in [1.807, 2.05) is 42.5 Å². The second-order valence-corrected chi connectivity index (χ2v) is 4.15. The lowest BCUT2D eigenvalue weighted by molar-refractivity contribution is 0.318. The summed E-state index contributed by atoms with van der Waals surface area (Å²) in [5, 5.41) is 13.1. The number of oxime groups is 1. The molecule has 0 fully saturated rings. The highest BCUT2D eigenvalue weighted by molar-refractivity contribution is 6.30. The van der Waals surface area contributed by atoms with Gasteiger partial charge in [0, 0.05) is 11.4 Å². The van der Waals surface area contributed by atoms with Crippen molar-refractivity contribution in [1.29, 1.82) is 0 Å². The Morgan fingerprint density at radius 3 is 2.24 bits per heavy atom. The van der Waals surface area contributed by atoms with Crippen LogP contribution in [-0.2, 0) is 6.42 Å². The first kappa shape index (κ1) is 11.7. The van der Waals surface area contributed by atoms with Gasteiger partial charge in [0.1, 0.15) is 0 Å². The molecule has 2 aromatic carbocycles. The Balaban J connectivity index is 2.21. The second kappa shape index (κ2) is 5.51. The van der Waals surface area contributed by atoms with Crippen LogP contribution in [0.15, 0.2) is 59.8 Å². The Morgan fingerprint density at radius 2 is 1.65 bits per heavy atom. The molecule has 0 aliphatic carbocycles. The fourth-order valence-corrected chi connectivity index (χ4v) is 1.75. The predicted octanol–water partition coefficient (Wildman–Crippen LogP) is 3.76. The predicted molar refractivity (Wildman–Crippen MR) is 69.9 cm³/mol. The molecular weight excluding hydrogens is 234 g/mol. The summed E-state index contributed by atoms with van der Waals surface area (Å²) in [7, 11) is 0. The first-order valence-corrected chi connectivity index (χ1v) is 5.68. The molecular formula is C14H12ClNO. The Hall–Kier alpha value is -1.80. The minimum atomic E-state index is 0.596. The lowest BCUT2D eigenvalue weighted by Gasteiger charge is -2.05. The maximum Gasteiger partial charge on any atom is 0.0911 e. The topological polar surface area (TPSA) is 32.6 Å². The molecule has 86 valence electrons. The van der Waals surface area contributed by atoms with E-state index in [-0.39, 0.29) is 0 Å². The van der Waals surface area contributed by atoms with E-state index in [0.29, 0.717) is 17.2 Å². The van der Waals surface area contributed by atoms with E-state index in [1.54, 1.807) is 12.1 Å². The van der Waals surface area contributed by atoms with Gasteiger partial charge in [-0.15, -0.1) is 0 Å². The first-order valence-electron chi connectivity index (χ1n) is 5.30. The average Bonchev–Trinajstić information content (AvgIpc) is 2.38. The van der Waals surface area contributed by atoms with Crippen molar-refractivity contribution in [2.24, 2.45) is 5.16 Å². The summed E-state index contributed by atoms with van der Waals surface area (Å²) in [4.78, 5) is 0. The van der Waals surface area contributed by atoms with Crippen LogP contribution >= 0.6 is 11.6 Å². The monoisotopic (exact) mass is 245 g/mol. The fraction of sp³-hybridized carbons (Fsp3) is 0.0714. The van der Waals surface area contributed by atoms with Crippen LogP contribution in [0.2, 0.25) is 5.02 Å². The molecule has 3 heteroatoms. The van der Waals surface area contributed by atoms with Crippen LogP contribution in [0.3, 0.4) is 0 Å². The van der Waals surface area contributed by atoms with Crippen LogP contribution < -0.4 is 0 Å². The van der Waals surface area contributed by atoms with Crippen molar-refractivity contribution < 1.29 is 5.21 Å². The molecule has 0 aliphatic heterocycles. The van der Waals surface area contributed by atoms with Crippen LogP contribution in [0.4, 0.5) is 0 Å². The van der Waals surface area contributed by atoms with Crippen molar-refractivity contribution >= 4 is 17.3 Å². The molecule has 0 bridgehead atoms. The highest BCUT2D eigenvalue weighted by Gasteiger charge is 2.05. The van der Waals surface area contributed by atoms with E-state index < -0.39 is 0 Å². The molecule has 17 heavy (non-hydrogen) atoms. The lowest BCUT2D eigenvalue weighted by Crippen LogP contribution is -2.05. The van der Waals surface area contributed by atoms with Crippen molar-refractivity contribution in [2.45, 2.75) is 6.42 Å². The van der Waals surface area contributed by atoms with Gasteiger partial charge in [0.2, 0.25) is 0 Å². The average molecular weight is 246 g/mol. The van der Waals surface area contributed by atoms with Crippen molar-refractivity contribution in [2.75, 3.05) is 0 Å². The molecule has 2 nitrogen and oxygen atoms in total. The van der Waals surface area contributed by atoms with Crippen molar-refractivity contribution in [3.8, 4) is 0 Å². The quantitative estimate of drug-likeness (QED) is 0.498. The molecule has 0 aromatic heterocycles. The van der Waals surface area contributed by atoms with Crippen LogP contribution in [0.5, 0.6) is 0 Å². The third-order valence-electron chi connectivity index (χ3n) is 2.51. The van der Waals surface area contributed by atoms with Gasteiger partial charge in [-0.3, -0.25) is 0 Å². The zero-order valence-corrected chi connectivity index (χ0v) is 9.93. The van der Waals surface area contributed by atoms with E-state index in [1.165, 1.54) is 0 Å². The van der Waals surface area contributed by atoms with E-state index in [9.17, 15) is 0 Å². The van der Waals surface area contributed by atoms with Crippen LogP contribution in [0.25, 0.3) is 0 Å². The SMILES string of the molecule is O/N=C(/Cc1ccccc1)c1ccc(Cl)cc1. The summed E-state index contributed by atoms with van der Waals surface area (Å²) in [6.45, 7) is 0. The summed E-state index contributed by atoms with van der Waals surface area (Å²) in [5.41, 5.74) is 2.61.